The maximum absolute atomic E-state index is 5.57. The van der Waals surface area contributed by atoms with Gasteiger partial charge in [0.05, 0.1) is 0 Å². The van der Waals surface area contributed by atoms with Gasteiger partial charge < -0.3 is 10.6 Å². The molecule has 1 rings (SSSR count). The van der Waals surface area contributed by atoms with Gasteiger partial charge in [-0.2, -0.15) is 11.8 Å². The maximum Gasteiger partial charge on any atom is 0.131 e. The van der Waals surface area contributed by atoms with Crippen molar-refractivity contribution in [1.29, 1.82) is 0 Å². The van der Waals surface area contributed by atoms with Crippen LogP contribution in [0.25, 0.3) is 0 Å². The van der Waals surface area contributed by atoms with Gasteiger partial charge in [0.2, 0.25) is 0 Å². The highest BCUT2D eigenvalue weighted by Gasteiger charge is 2.13. The molecule has 4 heteroatoms. The lowest BCUT2D eigenvalue weighted by molar-refractivity contribution is 0.660. The molecule has 0 fully saturated rings. The predicted molar refractivity (Wildman–Crippen MR) is 82.6 cm³/mol. The van der Waals surface area contributed by atoms with E-state index < -0.39 is 0 Å². The van der Waals surface area contributed by atoms with Crippen LogP contribution in [-0.2, 0) is 6.42 Å². The van der Waals surface area contributed by atoms with Crippen LogP contribution in [0.15, 0.2) is 12.3 Å². The van der Waals surface area contributed by atoms with Crippen LogP contribution in [0, 0.1) is 6.92 Å². The number of nitrogens with zero attached hydrogens (tertiary/aromatic N) is 2. The van der Waals surface area contributed by atoms with E-state index in [0.29, 0.717) is 12.6 Å². The van der Waals surface area contributed by atoms with E-state index in [0.717, 1.165) is 12.2 Å². The molecular weight excluding hydrogens is 242 g/mol. The Bertz CT molecular complexity index is 368. The second-order valence-corrected chi connectivity index (χ2v) is 5.75. The minimum absolute atomic E-state index is 0.518. The van der Waals surface area contributed by atoms with Crippen LogP contribution < -0.4 is 10.6 Å². The van der Waals surface area contributed by atoms with Crippen molar-refractivity contribution in [2.24, 2.45) is 5.73 Å². The van der Waals surface area contributed by atoms with Crippen molar-refractivity contribution in [3.05, 3.63) is 23.4 Å². The van der Waals surface area contributed by atoms with Crippen molar-refractivity contribution in [2.75, 3.05) is 30.5 Å². The lowest BCUT2D eigenvalue weighted by Gasteiger charge is -2.27. The SMILES string of the molecule is CSCCC(C)N(C)c1ncc(CCN)cc1C. The lowest BCUT2D eigenvalue weighted by atomic mass is 10.1. The van der Waals surface area contributed by atoms with Gasteiger partial charge in [-0.15, -0.1) is 0 Å². The van der Waals surface area contributed by atoms with Gasteiger partial charge in [-0.1, -0.05) is 6.07 Å². The number of aryl methyl sites for hydroxylation is 1. The van der Waals surface area contributed by atoms with Gasteiger partial charge in [0, 0.05) is 19.3 Å². The van der Waals surface area contributed by atoms with Gasteiger partial charge in [-0.3, -0.25) is 0 Å². The van der Waals surface area contributed by atoms with Crippen molar-refractivity contribution in [1.82, 2.24) is 4.98 Å². The largest absolute Gasteiger partial charge is 0.357 e. The smallest absolute Gasteiger partial charge is 0.131 e. The third-order valence-electron chi connectivity index (χ3n) is 3.28. The Morgan fingerprint density at radius 3 is 2.78 bits per heavy atom. The van der Waals surface area contributed by atoms with E-state index in [9.17, 15) is 0 Å². The first-order valence-electron chi connectivity index (χ1n) is 6.47. The minimum Gasteiger partial charge on any atom is -0.357 e. The highest BCUT2D eigenvalue weighted by molar-refractivity contribution is 7.98. The molecule has 0 saturated heterocycles. The molecule has 0 aliphatic heterocycles. The van der Waals surface area contributed by atoms with E-state index in [2.05, 4.69) is 43.1 Å². The summed E-state index contributed by atoms with van der Waals surface area (Å²) in [6, 6.07) is 2.72. The number of hydrogen-bond donors (Lipinski definition) is 1. The van der Waals surface area contributed by atoms with E-state index in [-0.39, 0.29) is 0 Å². The number of thioether (sulfide) groups is 1. The highest BCUT2D eigenvalue weighted by Crippen LogP contribution is 2.20. The summed E-state index contributed by atoms with van der Waals surface area (Å²) in [4.78, 5) is 6.87. The van der Waals surface area contributed by atoms with Gasteiger partial charge in [0.15, 0.2) is 0 Å². The summed E-state index contributed by atoms with van der Waals surface area (Å²) in [6.45, 7) is 5.06. The van der Waals surface area contributed by atoms with E-state index in [1.165, 1.54) is 23.3 Å². The second-order valence-electron chi connectivity index (χ2n) is 4.76. The van der Waals surface area contributed by atoms with Crippen LogP contribution in [0.5, 0.6) is 0 Å². The van der Waals surface area contributed by atoms with Crippen LogP contribution in [0.2, 0.25) is 0 Å². The van der Waals surface area contributed by atoms with Crippen molar-refractivity contribution in [2.45, 2.75) is 32.7 Å². The molecule has 1 atom stereocenters. The Labute approximate surface area is 115 Å². The van der Waals surface area contributed by atoms with Gasteiger partial charge in [0.1, 0.15) is 5.82 Å². The van der Waals surface area contributed by atoms with E-state index >= 15 is 0 Å². The molecule has 0 amide bonds. The number of nitrogens with two attached hydrogens (primary N) is 1. The molecule has 18 heavy (non-hydrogen) atoms. The van der Waals surface area contributed by atoms with Gasteiger partial charge in [0.25, 0.3) is 0 Å². The average molecular weight is 267 g/mol. The zero-order valence-corrected chi connectivity index (χ0v) is 12.8. The van der Waals surface area contributed by atoms with Crippen molar-refractivity contribution in [3.63, 3.8) is 0 Å². The summed E-state index contributed by atoms with van der Waals surface area (Å²) in [5, 5.41) is 0. The fourth-order valence-electron chi connectivity index (χ4n) is 1.99. The molecular formula is C14H25N3S. The second kappa shape index (κ2) is 7.64. The molecule has 0 spiro atoms. The van der Waals surface area contributed by atoms with Gasteiger partial charge in [-0.25, -0.2) is 4.98 Å². The molecule has 0 aliphatic carbocycles. The summed E-state index contributed by atoms with van der Waals surface area (Å²) < 4.78 is 0. The number of rotatable bonds is 7. The van der Waals surface area contributed by atoms with Crippen molar-refractivity contribution < 1.29 is 0 Å². The number of aromatic nitrogens is 1. The fourth-order valence-corrected chi connectivity index (χ4v) is 2.57. The van der Waals surface area contributed by atoms with Crippen LogP contribution in [0.3, 0.4) is 0 Å². The molecule has 0 saturated carbocycles. The molecule has 102 valence electrons. The molecule has 0 aliphatic rings. The Kier molecular flexibility index (Phi) is 6.50. The first-order valence-corrected chi connectivity index (χ1v) is 7.87. The standard InChI is InChI=1S/C14H25N3S/c1-11-9-13(5-7-15)10-16-14(11)17(3)12(2)6-8-18-4/h9-10,12H,5-8,15H2,1-4H3. The predicted octanol–water partition coefficient (Wildman–Crippen LogP) is 2.47. The van der Waals surface area contributed by atoms with Crippen LogP contribution in [0.1, 0.15) is 24.5 Å². The topological polar surface area (TPSA) is 42.2 Å². The summed E-state index contributed by atoms with van der Waals surface area (Å²) in [7, 11) is 2.13. The van der Waals surface area contributed by atoms with E-state index in [1.54, 1.807) is 0 Å². The first-order chi connectivity index (χ1) is 8.60. The number of anilines is 1. The molecule has 1 aromatic heterocycles. The van der Waals surface area contributed by atoms with Crippen LogP contribution >= 0.6 is 11.8 Å². The van der Waals surface area contributed by atoms with Gasteiger partial charge >= 0.3 is 0 Å². The average Bonchev–Trinajstić information content (AvgIpc) is 2.35. The van der Waals surface area contributed by atoms with Crippen LogP contribution in [0.4, 0.5) is 5.82 Å². The quantitative estimate of drug-likeness (QED) is 0.824. The maximum atomic E-state index is 5.57. The Hall–Kier alpha value is -0.740. The summed E-state index contributed by atoms with van der Waals surface area (Å²) >= 11 is 1.89. The number of pyridine rings is 1. The van der Waals surface area contributed by atoms with E-state index in [4.69, 9.17) is 5.73 Å². The summed E-state index contributed by atoms with van der Waals surface area (Å²) in [5.41, 5.74) is 8.03. The Morgan fingerprint density at radius 2 is 2.22 bits per heavy atom. The first kappa shape index (κ1) is 15.3. The minimum atomic E-state index is 0.518. The molecule has 0 radical (unpaired) electrons. The summed E-state index contributed by atoms with van der Waals surface area (Å²) in [5.74, 6) is 2.28. The van der Waals surface area contributed by atoms with E-state index in [1.807, 2.05) is 18.0 Å². The Morgan fingerprint density at radius 1 is 1.50 bits per heavy atom. The number of hydrogen-bond acceptors (Lipinski definition) is 4. The molecule has 3 nitrogen and oxygen atoms in total. The van der Waals surface area contributed by atoms with Crippen molar-refractivity contribution >= 4 is 17.6 Å². The molecule has 0 aromatic carbocycles. The highest BCUT2D eigenvalue weighted by atomic mass is 32.2. The molecule has 1 unspecified atom stereocenters. The van der Waals surface area contributed by atoms with Crippen LogP contribution in [-0.4, -0.2) is 36.6 Å². The Balaban J connectivity index is 2.76. The van der Waals surface area contributed by atoms with Gasteiger partial charge in [-0.05, 0) is 56.4 Å². The zero-order chi connectivity index (χ0) is 13.5. The van der Waals surface area contributed by atoms with Crippen molar-refractivity contribution in [3.8, 4) is 0 Å². The third-order valence-corrected chi connectivity index (χ3v) is 3.92. The lowest BCUT2D eigenvalue weighted by Crippen LogP contribution is -2.30. The molecule has 0 bridgehead atoms. The monoisotopic (exact) mass is 267 g/mol. The molecule has 1 heterocycles. The fraction of sp³-hybridized carbons (Fsp3) is 0.643. The zero-order valence-electron chi connectivity index (χ0n) is 11.9. The molecule has 2 N–H and O–H groups in total. The molecule has 1 aromatic rings. The summed E-state index contributed by atoms with van der Waals surface area (Å²) in [6.07, 6.45) is 6.19. The third kappa shape index (κ3) is 4.18. The normalized spacial score (nSPS) is 12.5.